The van der Waals surface area contributed by atoms with Crippen LogP contribution in [-0.4, -0.2) is 49.8 Å². The van der Waals surface area contributed by atoms with Gasteiger partial charge in [-0.2, -0.15) is 0 Å². The fourth-order valence-electron chi connectivity index (χ4n) is 7.08. The highest BCUT2D eigenvalue weighted by atomic mass is 16.5. The molecule has 2 aromatic rings. The molecular formula is C25H31NO7. The summed E-state index contributed by atoms with van der Waals surface area (Å²) in [7, 11) is 0. The molecule has 3 aliphatic rings. The topological polar surface area (TPSA) is 133 Å². The molecule has 8 heteroatoms. The van der Waals surface area contributed by atoms with Gasteiger partial charge in [0.1, 0.15) is 22.7 Å². The average Bonchev–Trinajstić information content (AvgIpc) is 2.78. The van der Waals surface area contributed by atoms with Gasteiger partial charge in [-0.1, -0.05) is 13.8 Å². The number of nitrogens with zero attached hydrogens (tertiary/aromatic N) is 1. The minimum absolute atomic E-state index is 0.0380. The van der Waals surface area contributed by atoms with Crippen LogP contribution in [-0.2, 0) is 0 Å². The predicted molar refractivity (Wildman–Crippen MR) is 118 cm³/mol. The van der Waals surface area contributed by atoms with Crippen molar-refractivity contribution >= 4 is 0 Å². The van der Waals surface area contributed by atoms with E-state index in [9.17, 15) is 25.2 Å². The first-order chi connectivity index (χ1) is 15.6. The maximum absolute atomic E-state index is 13.1. The van der Waals surface area contributed by atoms with Crippen LogP contribution in [0.1, 0.15) is 51.7 Å². The summed E-state index contributed by atoms with van der Waals surface area (Å²) in [5.74, 6) is -0.465. The Bertz CT molecular complexity index is 1120. The molecule has 0 bridgehead atoms. The monoisotopic (exact) mass is 457 g/mol. The molecule has 2 fully saturated rings. The lowest BCUT2D eigenvalue weighted by Gasteiger charge is -2.66. The van der Waals surface area contributed by atoms with E-state index in [4.69, 9.17) is 9.15 Å². The molecule has 0 aromatic carbocycles. The van der Waals surface area contributed by atoms with Gasteiger partial charge in [0.2, 0.25) is 0 Å². The third kappa shape index (κ3) is 2.97. The second-order valence-corrected chi connectivity index (χ2v) is 10.7. The van der Waals surface area contributed by atoms with Crippen molar-refractivity contribution in [3.8, 4) is 17.1 Å². The highest BCUT2D eigenvalue weighted by molar-refractivity contribution is 5.59. The van der Waals surface area contributed by atoms with Crippen LogP contribution in [0.3, 0.4) is 0 Å². The molecule has 4 N–H and O–H groups in total. The molecule has 0 radical (unpaired) electrons. The highest BCUT2D eigenvalue weighted by Crippen LogP contribution is 2.66. The summed E-state index contributed by atoms with van der Waals surface area (Å²) in [6.45, 7) is 5.37. The Morgan fingerprint density at radius 1 is 1.18 bits per heavy atom. The molecule has 178 valence electrons. The largest absolute Gasteiger partial charge is 0.484 e. The van der Waals surface area contributed by atoms with Crippen molar-refractivity contribution in [2.75, 3.05) is 6.61 Å². The Labute approximate surface area is 191 Å². The predicted octanol–water partition coefficient (Wildman–Crippen LogP) is 2.04. The van der Waals surface area contributed by atoms with Gasteiger partial charge in [0.15, 0.2) is 0 Å². The number of aliphatic hydroxyl groups excluding tert-OH is 4. The molecule has 3 heterocycles. The molecular weight excluding hydrogens is 426 g/mol. The second-order valence-electron chi connectivity index (χ2n) is 10.7. The molecule has 2 aromatic heterocycles. The molecule has 1 aliphatic heterocycles. The van der Waals surface area contributed by atoms with Gasteiger partial charge in [-0.25, -0.2) is 4.79 Å². The molecule has 3 unspecified atom stereocenters. The third-order valence-electron chi connectivity index (χ3n) is 8.94. The Morgan fingerprint density at radius 2 is 1.94 bits per heavy atom. The van der Waals surface area contributed by atoms with E-state index >= 15 is 0 Å². The van der Waals surface area contributed by atoms with E-state index in [0.29, 0.717) is 24.8 Å². The summed E-state index contributed by atoms with van der Waals surface area (Å²) in [5.41, 5.74) is -2.67. The highest BCUT2D eigenvalue weighted by Gasteiger charge is 2.68. The summed E-state index contributed by atoms with van der Waals surface area (Å²) in [6.07, 6.45) is 1.56. The van der Waals surface area contributed by atoms with Gasteiger partial charge < -0.3 is 29.6 Å². The lowest BCUT2D eigenvalue weighted by molar-refractivity contribution is -0.264. The van der Waals surface area contributed by atoms with E-state index in [1.54, 1.807) is 37.5 Å². The van der Waals surface area contributed by atoms with Crippen LogP contribution in [0, 0.1) is 22.7 Å². The van der Waals surface area contributed by atoms with Crippen LogP contribution < -0.4 is 10.4 Å². The van der Waals surface area contributed by atoms with Gasteiger partial charge in [-0.3, -0.25) is 4.98 Å². The Balaban J connectivity index is 1.65. The lowest BCUT2D eigenvalue weighted by atomic mass is 9.42. The first-order valence-corrected chi connectivity index (χ1v) is 11.5. The van der Waals surface area contributed by atoms with E-state index in [-0.39, 0.29) is 29.6 Å². The van der Waals surface area contributed by atoms with Crippen molar-refractivity contribution < 1.29 is 29.6 Å². The van der Waals surface area contributed by atoms with Crippen LogP contribution in [0.25, 0.3) is 11.3 Å². The number of aromatic nitrogens is 1. The SMILES string of the molecule is CC12CC[C@H](O)[C@](C)(CO)C1C[C@H](O)[C@@]1(C)Oc3cc(-c4cccnc4)oc(=O)c3[C@H](O)C21. The second kappa shape index (κ2) is 7.37. The minimum atomic E-state index is -1.24. The number of hydrogen-bond acceptors (Lipinski definition) is 8. The van der Waals surface area contributed by atoms with Crippen molar-refractivity contribution in [2.45, 2.75) is 63.9 Å². The zero-order chi connectivity index (χ0) is 23.8. The molecule has 5 rings (SSSR count). The van der Waals surface area contributed by atoms with Gasteiger partial charge in [0, 0.05) is 35.4 Å². The number of pyridine rings is 1. The van der Waals surface area contributed by atoms with E-state index in [1.807, 2.05) is 13.8 Å². The van der Waals surface area contributed by atoms with Gasteiger partial charge in [-0.05, 0) is 49.7 Å². The van der Waals surface area contributed by atoms with Crippen LogP contribution >= 0.6 is 0 Å². The fourth-order valence-corrected chi connectivity index (χ4v) is 7.08. The van der Waals surface area contributed by atoms with E-state index in [0.717, 1.165) is 0 Å². The number of hydrogen-bond donors (Lipinski definition) is 4. The molecule has 8 nitrogen and oxygen atoms in total. The van der Waals surface area contributed by atoms with Crippen molar-refractivity contribution in [1.82, 2.24) is 4.98 Å². The van der Waals surface area contributed by atoms with Crippen molar-refractivity contribution in [3.05, 3.63) is 46.6 Å². The van der Waals surface area contributed by atoms with E-state index in [2.05, 4.69) is 4.98 Å². The summed E-state index contributed by atoms with van der Waals surface area (Å²) < 4.78 is 11.9. The normalized spacial score (nSPS) is 42.0. The Kier molecular flexibility index (Phi) is 5.03. The number of fused-ring (bicyclic) bond motifs is 4. The molecule has 0 saturated heterocycles. The minimum Gasteiger partial charge on any atom is -0.484 e. The van der Waals surface area contributed by atoms with Crippen LogP contribution in [0.5, 0.6) is 5.75 Å². The van der Waals surface area contributed by atoms with Crippen molar-refractivity contribution in [2.24, 2.45) is 22.7 Å². The molecule has 8 atom stereocenters. The van der Waals surface area contributed by atoms with E-state index in [1.165, 1.54) is 0 Å². The third-order valence-corrected chi connectivity index (χ3v) is 8.94. The van der Waals surface area contributed by atoms with Gasteiger partial charge >= 0.3 is 5.63 Å². The van der Waals surface area contributed by atoms with Crippen LogP contribution in [0.2, 0.25) is 0 Å². The summed E-state index contributed by atoms with van der Waals surface area (Å²) in [5, 5.41) is 43.9. The van der Waals surface area contributed by atoms with Gasteiger partial charge in [0.25, 0.3) is 0 Å². The number of ether oxygens (including phenoxy) is 1. The quantitative estimate of drug-likeness (QED) is 0.539. The Hall–Kier alpha value is -2.26. The summed E-state index contributed by atoms with van der Waals surface area (Å²) >= 11 is 0. The van der Waals surface area contributed by atoms with Gasteiger partial charge in [-0.15, -0.1) is 0 Å². The number of aliphatic hydroxyl groups is 4. The molecule has 2 saturated carbocycles. The van der Waals surface area contributed by atoms with Crippen LogP contribution in [0.4, 0.5) is 0 Å². The van der Waals surface area contributed by atoms with E-state index < -0.39 is 46.3 Å². The van der Waals surface area contributed by atoms with Crippen molar-refractivity contribution in [3.63, 3.8) is 0 Å². The lowest BCUT2D eigenvalue weighted by Crippen LogP contribution is -2.70. The maximum atomic E-state index is 13.1. The molecule has 2 aliphatic carbocycles. The number of rotatable bonds is 2. The first kappa shape index (κ1) is 22.5. The molecule has 0 amide bonds. The zero-order valence-electron chi connectivity index (χ0n) is 19.1. The van der Waals surface area contributed by atoms with Crippen LogP contribution in [0.15, 0.2) is 39.8 Å². The average molecular weight is 458 g/mol. The Morgan fingerprint density at radius 3 is 2.61 bits per heavy atom. The van der Waals surface area contributed by atoms with Crippen molar-refractivity contribution in [1.29, 1.82) is 0 Å². The fraction of sp³-hybridized carbons (Fsp3) is 0.600. The maximum Gasteiger partial charge on any atom is 0.345 e. The standard InChI is InChI=1S/C25H31NO7/c1-23-7-6-17(28)24(2,12-27)16(23)10-18(29)25(3)21(23)20(30)19-15(33-25)9-14(32-22(19)31)13-5-4-8-26-11-13/h4-5,8-9,11,16-18,20-21,27-30H,6-7,10,12H2,1-3H3/t16?,17-,18-,20-,21?,23?,24+,25+/m0/s1. The summed E-state index contributed by atoms with van der Waals surface area (Å²) in [6, 6.07) is 5.05. The smallest absolute Gasteiger partial charge is 0.345 e. The molecule has 33 heavy (non-hydrogen) atoms. The van der Waals surface area contributed by atoms with Gasteiger partial charge in [0.05, 0.1) is 24.9 Å². The zero-order valence-corrected chi connectivity index (χ0v) is 19.1. The molecule has 0 spiro atoms. The summed E-state index contributed by atoms with van der Waals surface area (Å²) in [4.78, 5) is 17.1. The first-order valence-electron chi connectivity index (χ1n) is 11.5.